The Hall–Kier alpha value is -1.96. The van der Waals surface area contributed by atoms with Crippen LogP contribution >= 0.6 is 0 Å². The lowest BCUT2D eigenvalue weighted by atomic mass is 9.39. The molecule has 3 saturated carbocycles. The second-order valence-corrected chi connectivity index (χ2v) is 18.3. The van der Waals surface area contributed by atoms with Crippen LogP contribution in [0.3, 0.4) is 0 Å². The van der Waals surface area contributed by atoms with Crippen molar-refractivity contribution in [2.24, 2.45) is 39.9 Å². The van der Waals surface area contributed by atoms with Crippen molar-refractivity contribution in [1.29, 1.82) is 0 Å². The van der Waals surface area contributed by atoms with E-state index in [1.807, 2.05) is 6.92 Å². The summed E-state index contributed by atoms with van der Waals surface area (Å²) < 4.78 is 17.6. The first-order valence-corrected chi connectivity index (χ1v) is 19.8. The fourth-order valence-electron chi connectivity index (χ4n) is 12.7. The molecule has 5 heterocycles. The lowest BCUT2D eigenvalue weighted by Crippen LogP contribution is -2.69. The highest BCUT2D eigenvalue weighted by Crippen LogP contribution is 2.73. The van der Waals surface area contributed by atoms with Gasteiger partial charge >= 0.3 is 0 Å². The van der Waals surface area contributed by atoms with Gasteiger partial charge in [0.1, 0.15) is 24.0 Å². The molecule has 0 aromatic carbocycles. The lowest BCUT2D eigenvalue weighted by Gasteiger charge is -2.64. The number of aliphatic hydroxyl groups excluding tert-OH is 2. The number of hydrogen-bond donors (Lipinski definition) is 7. The van der Waals surface area contributed by atoms with Crippen LogP contribution in [-0.2, 0) is 23.8 Å². The molecule has 4 aliphatic carbocycles. The summed E-state index contributed by atoms with van der Waals surface area (Å²) in [5, 5.41) is 74.7. The zero-order valence-corrected chi connectivity index (χ0v) is 31.4. The molecule has 9 rings (SSSR count). The maximum atomic E-state index is 14.4. The van der Waals surface area contributed by atoms with Gasteiger partial charge in [-0.25, -0.2) is 0 Å². The predicted molar refractivity (Wildman–Crippen MR) is 188 cm³/mol. The number of rotatable bonds is 6. The number of allylic oxidation sites excluding steroid dienone is 1. The summed E-state index contributed by atoms with van der Waals surface area (Å²) in [6, 6.07) is -0.915. The molecular formula is C40H58N2O11. The van der Waals surface area contributed by atoms with Gasteiger partial charge in [0.05, 0.1) is 29.2 Å². The van der Waals surface area contributed by atoms with Crippen molar-refractivity contribution in [3.05, 3.63) is 11.6 Å². The van der Waals surface area contributed by atoms with Crippen LogP contribution < -0.4 is 5.32 Å². The van der Waals surface area contributed by atoms with E-state index in [2.05, 4.69) is 24.1 Å². The van der Waals surface area contributed by atoms with Gasteiger partial charge in [-0.05, 0) is 87.7 Å². The van der Waals surface area contributed by atoms with Gasteiger partial charge in [0.2, 0.25) is 11.7 Å². The highest BCUT2D eigenvalue weighted by molar-refractivity contribution is 5.95. The van der Waals surface area contributed by atoms with Crippen LogP contribution in [0.1, 0.15) is 85.0 Å². The van der Waals surface area contributed by atoms with E-state index >= 15 is 0 Å². The average molecular weight is 743 g/mol. The molecule has 7 bridgehead atoms. The Bertz CT molecular complexity index is 1610. The van der Waals surface area contributed by atoms with Crippen molar-refractivity contribution in [2.75, 3.05) is 33.5 Å². The molecule has 294 valence electrons. The van der Waals surface area contributed by atoms with Gasteiger partial charge < -0.3 is 49.7 Å². The standard InChI is InChI=1S/C40H58N2O11/c1-35-11-8-23(52-16-6-15-51-4)17-26(35)28(44)19-30-38(35)10-5-7-22-20-42(22)34(46)27-18-24-25(21-43)32(53-31(24)33(45)41-27)40(49,50)37(3,47)29-9-12-39(30,48)36(29,2)13-14-38/h19,22-27,29,31-33,41,43,45,47-50H,6-9,11-18,20-21H2,1-4H3/t22-,23+,24-,25-,26+,27-,29+,31-,32+,33+,35+,36-,37+,38+,39-,42?/m1/s1. The van der Waals surface area contributed by atoms with Gasteiger partial charge in [0, 0.05) is 63.1 Å². The molecule has 13 nitrogen and oxygen atoms in total. The van der Waals surface area contributed by atoms with E-state index in [0.717, 1.165) is 12.8 Å². The van der Waals surface area contributed by atoms with Crippen molar-refractivity contribution < 1.29 is 54.4 Å². The van der Waals surface area contributed by atoms with Crippen LogP contribution in [0.4, 0.5) is 0 Å². The first kappa shape index (κ1) is 37.9. The third-order valence-corrected chi connectivity index (χ3v) is 16.0. The van der Waals surface area contributed by atoms with E-state index in [1.165, 1.54) is 6.92 Å². The minimum absolute atomic E-state index is 0.0736. The van der Waals surface area contributed by atoms with E-state index in [4.69, 9.17) is 14.2 Å². The molecule has 13 heteroatoms. The molecule has 53 heavy (non-hydrogen) atoms. The number of aliphatic hydroxyl groups is 6. The van der Waals surface area contributed by atoms with Crippen LogP contribution in [0.5, 0.6) is 0 Å². The Balaban J connectivity index is 1.22. The van der Waals surface area contributed by atoms with Crippen LogP contribution in [0.25, 0.3) is 0 Å². The zero-order valence-electron chi connectivity index (χ0n) is 31.4. The molecule has 0 radical (unpaired) electrons. The first-order valence-electron chi connectivity index (χ1n) is 19.8. The number of amides is 1. The average Bonchev–Trinajstić information content (AvgIpc) is 3.68. The number of carbonyl (C=O) groups is 2. The Labute approximate surface area is 311 Å². The molecule has 7 N–H and O–H groups in total. The number of hydrogen-bond acceptors (Lipinski definition) is 12. The fraction of sp³-hybridized carbons (Fsp3) is 0.850. The van der Waals surface area contributed by atoms with Crippen LogP contribution in [0, 0.1) is 51.8 Å². The minimum atomic E-state index is -2.93. The second-order valence-electron chi connectivity index (χ2n) is 18.3. The summed E-state index contributed by atoms with van der Waals surface area (Å²) in [4.78, 5) is 29.9. The predicted octanol–water partition coefficient (Wildman–Crippen LogP) is 0.373. The van der Waals surface area contributed by atoms with Crippen molar-refractivity contribution in [1.82, 2.24) is 10.2 Å². The number of ether oxygens (including phenoxy) is 3. The summed E-state index contributed by atoms with van der Waals surface area (Å²) in [5.74, 6) is 1.15. The molecule has 9 aliphatic rings. The largest absolute Gasteiger partial charge is 0.396 e. The smallest absolute Gasteiger partial charge is 0.240 e. The van der Waals surface area contributed by atoms with Gasteiger partial charge in [0.15, 0.2) is 5.78 Å². The monoisotopic (exact) mass is 742 g/mol. The molecule has 15 atom stereocenters. The summed E-state index contributed by atoms with van der Waals surface area (Å²) in [6.07, 6.45) is 2.29. The maximum absolute atomic E-state index is 14.4. The number of carbonyl (C=O) groups excluding carboxylic acids is 2. The third-order valence-electron chi connectivity index (χ3n) is 16.0. The maximum Gasteiger partial charge on any atom is 0.240 e. The summed E-state index contributed by atoms with van der Waals surface area (Å²) in [6.45, 7) is 6.46. The number of piperidine rings is 1. The van der Waals surface area contributed by atoms with Crippen molar-refractivity contribution in [3.8, 4) is 11.8 Å². The highest BCUT2D eigenvalue weighted by atomic mass is 16.6. The van der Waals surface area contributed by atoms with Gasteiger partial charge in [-0.1, -0.05) is 19.8 Å². The Kier molecular flexibility index (Phi) is 9.15. The van der Waals surface area contributed by atoms with Gasteiger partial charge in [-0.2, -0.15) is 0 Å². The van der Waals surface area contributed by atoms with Crippen molar-refractivity contribution >= 4 is 11.7 Å². The summed E-state index contributed by atoms with van der Waals surface area (Å²) >= 11 is 0. The second kappa shape index (κ2) is 12.8. The van der Waals surface area contributed by atoms with E-state index in [9.17, 15) is 40.2 Å². The van der Waals surface area contributed by atoms with E-state index in [0.29, 0.717) is 57.4 Å². The summed E-state index contributed by atoms with van der Waals surface area (Å²) in [5.41, 5.74) is -5.96. The Morgan fingerprint density at radius 1 is 1.02 bits per heavy atom. The Morgan fingerprint density at radius 2 is 1.79 bits per heavy atom. The molecule has 0 aromatic heterocycles. The molecule has 5 aliphatic heterocycles. The molecule has 1 spiro atoms. The van der Waals surface area contributed by atoms with Gasteiger partial charge in [-0.3, -0.25) is 14.9 Å². The van der Waals surface area contributed by atoms with Gasteiger partial charge in [-0.15, -0.1) is 5.92 Å². The van der Waals surface area contributed by atoms with E-state index in [1.54, 1.807) is 18.1 Å². The van der Waals surface area contributed by atoms with Crippen molar-refractivity contribution in [2.45, 2.75) is 139 Å². The van der Waals surface area contributed by atoms with Crippen molar-refractivity contribution in [3.63, 3.8) is 0 Å². The normalized spacial score (nSPS) is 51.1. The number of nitrogens with zero attached hydrogens (tertiary/aromatic N) is 1. The van der Waals surface area contributed by atoms with E-state index in [-0.39, 0.29) is 49.0 Å². The van der Waals surface area contributed by atoms with Crippen LogP contribution in [-0.4, -0.2) is 134 Å². The Morgan fingerprint density at radius 3 is 2.53 bits per heavy atom. The first-order chi connectivity index (χ1) is 25.0. The molecule has 3 saturated heterocycles. The van der Waals surface area contributed by atoms with Crippen LogP contribution in [0.15, 0.2) is 11.6 Å². The topological polar surface area (TPSA) is 198 Å². The number of nitrogens with one attached hydrogen (secondary N) is 1. The quantitative estimate of drug-likeness (QED) is 0.0857. The molecule has 0 aromatic rings. The SMILES string of the molecule is COCCCO[C@H]1CC[C@@]2(C)[C@@H](C1)C(=O)C=C1[C@]3(O)CC[C@@H]4[C@](C)(O)C(O)(O)[C@H]5O[C@@H]6[C@H](C[C@@H](N[C@H]6O)C(=O)N6C[C@H]6CC#C[C@]12CC[C@]43C)[C@H]5CO. The minimum Gasteiger partial charge on any atom is -0.396 e. The van der Waals surface area contributed by atoms with Crippen LogP contribution in [0.2, 0.25) is 0 Å². The zero-order chi connectivity index (χ0) is 37.9. The fourth-order valence-corrected chi connectivity index (χ4v) is 12.7. The molecule has 6 fully saturated rings. The van der Waals surface area contributed by atoms with E-state index < -0.39 is 82.1 Å². The number of ketones is 1. The molecular weight excluding hydrogens is 684 g/mol. The number of fused-ring (bicyclic) bond motifs is 4. The number of methoxy groups -OCH3 is 1. The molecule has 0 unspecified atom stereocenters. The third kappa shape index (κ3) is 5.20. The highest BCUT2D eigenvalue weighted by Gasteiger charge is 2.75. The van der Waals surface area contributed by atoms with Gasteiger partial charge in [0.25, 0.3) is 0 Å². The molecule has 1 amide bonds. The summed E-state index contributed by atoms with van der Waals surface area (Å²) in [7, 11) is 1.66. The lowest BCUT2D eigenvalue weighted by molar-refractivity contribution is -0.345.